The van der Waals surface area contributed by atoms with Gasteiger partial charge in [0, 0.05) is 18.2 Å². The minimum atomic E-state index is -5.62. The number of alkyl halides is 3. The lowest BCUT2D eigenvalue weighted by Crippen LogP contribution is -2.51. The highest BCUT2D eigenvalue weighted by Crippen LogP contribution is 2.45. The molecule has 2 rings (SSSR count). The molecule has 6 nitrogen and oxygen atoms in total. The lowest BCUT2D eigenvalue weighted by atomic mass is 9.81. The van der Waals surface area contributed by atoms with Gasteiger partial charge in [-0.2, -0.15) is 13.2 Å². The lowest BCUT2D eigenvalue weighted by molar-refractivity contribution is -0.0452. The number of hydrogen-bond acceptors (Lipinski definition) is 4. The van der Waals surface area contributed by atoms with Crippen molar-refractivity contribution in [1.29, 1.82) is 0 Å². The molecule has 2 N–H and O–H groups in total. The second-order valence-corrected chi connectivity index (χ2v) is 11.8. The van der Waals surface area contributed by atoms with Crippen molar-refractivity contribution in [2.24, 2.45) is 5.92 Å². The van der Waals surface area contributed by atoms with E-state index in [9.17, 15) is 38.8 Å². The van der Waals surface area contributed by atoms with E-state index in [4.69, 9.17) is 0 Å². The van der Waals surface area contributed by atoms with E-state index >= 15 is 0 Å². The Balaban J connectivity index is 2.37. The zero-order valence-corrected chi connectivity index (χ0v) is 18.6. The van der Waals surface area contributed by atoms with Gasteiger partial charge in [-0.15, -0.1) is 0 Å². The van der Waals surface area contributed by atoms with Crippen LogP contribution in [-0.4, -0.2) is 34.9 Å². The summed E-state index contributed by atoms with van der Waals surface area (Å²) < 4.78 is 117. The van der Waals surface area contributed by atoms with Crippen LogP contribution in [0.3, 0.4) is 0 Å². The molecule has 1 aromatic carbocycles. The van der Waals surface area contributed by atoms with E-state index in [0.29, 0.717) is 6.42 Å². The molecular weight excluding hydrogens is 467 g/mol. The Kier molecular flexibility index (Phi) is 7.77. The van der Waals surface area contributed by atoms with Gasteiger partial charge in [0.15, 0.2) is 0 Å². The zero-order valence-electron chi connectivity index (χ0n) is 17.0. The molecule has 0 atom stereocenters. The van der Waals surface area contributed by atoms with Crippen molar-refractivity contribution in [3.05, 3.63) is 35.4 Å². The monoisotopic (exact) mass is 492 g/mol. The fourth-order valence-corrected chi connectivity index (χ4v) is 6.33. The molecule has 0 spiro atoms. The molecule has 0 unspecified atom stereocenters. The standard InChI is InChI=1S/C18H25F5N2O4S2/c1-12(2)7-10-24-30(26,27)17(15-11-13(19)3-4-16(15)20)8-5-14(6-9-17)25-31(28,29)18(21,22)23/h3-4,11-12,14,24-25H,5-10H2,1-2H3. The summed E-state index contributed by atoms with van der Waals surface area (Å²) in [7, 11) is -9.91. The van der Waals surface area contributed by atoms with Gasteiger partial charge < -0.3 is 0 Å². The molecule has 0 heterocycles. The van der Waals surface area contributed by atoms with Crippen molar-refractivity contribution in [3.8, 4) is 0 Å². The van der Waals surface area contributed by atoms with Crippen molar-refractivity contribution in [1.82, 2.24) is 9.44 Å². The first kappa shape index (κ1) is 25.9. The SMILES string of the molecule is CC(C)CCNS(=O)(=O)C1(c2cc(F)ccc2F)CCC(NS(=O)(=O)C(F)(F)F)CC1. The van der Waals surface area contributed by atoms with E-state index in [-0.39, 0.29) is 25.3 Å². The third-order valence-electron chi connectivity index (χ3n) is 5.37. The molecule has 0 radical (unpaired) electrons. The van der Waals surface area contributed by atoms with E-state index in [2.05, 4.69) is 4.72 Å². The Morgan fingerprint density at radius 3 is 2.19 bits per heavy atom. The molecule has 178 valence electrons. The van der Waals surface area contributed by atoms with Crippen LogP contribution in [-0.2, 0) is 24.8 Å². The summed E-state index contributed by atoms with van der Waals surface area (Å²) in [6, 6.07) is 1.18. The predicted octanol–water partition coefficient (Wildman–Crippen LogP) is 3.51. The van der Waals surface area contributed by atoms with Crippen LogP contribution in [0.5, 0.6) is 0 Å². The molecule has 13 heteroatoms. The molecule has 1 saturated carbocycles. The quantitative estimate of drug-likeness (QED) is 0.544. The van der Waals surface area contributed by atoms with Crippen LogP contribution >= 0.6 is 0 Å². The van der Waals surface area contributed by atoms with Crippen molar-refractivity contribution in [3.63, 3.8) is 0 Å². The van der Waals surface area contributed by atoms with Gasteiger partial charge in [0.05, 0.1) is 0 Å². The first-order chi connectivity index (χ1) is 14.1. The van der Waals surface area contributed by atoms with Gasteiger partial charge >= 0.3 is 15.5 Å². The molecule has 1 aromatic rings. The van der Waals surface area contributed by atoms with Crippen LogP contribution in [0.2, 0.25) is 0 Å². The van der Waals surface area contributed by atoms with Crippen molar-refractivity contribution >= 4 is 20.0 Å². The number of benzene rings is 1. The Hall–Kier alpha value is -1.31. The largest absolute Gasteiger partial charge is 0.511 e. The number of rotatable bonds is 8. The summed E-state index contributed by atoms with van der Waals surface area (Å²) >= 11 is 0. The smallest absolute Gasteiger partial charge is 0.214 e. The summed E-state index contributed by atoms with van der Waals surface area (Å²) in [6.45, 7) is 3.78. The highest BCUT2D eigenvalue weighted by atomic mass is 32.2. The average molecular weight is 493 g/mol. The molecule has 0 aliphatic heterocycles. The second kappa shape index (κ2) is 9.28. The third-order valence-corrected chi connectivity index (χ3v) is 8.86. The summed E-state index contributed by atoms with van der Waals surface area (Å²) in [6.07, 6.45) is -0.924. The summed E-state index contributed by atoms with van der Waals surface area (Å²) in [5.74, 6) is -1.67. The third kappa shape index (κ3) is 5.74. The van der Waals surface area contributed by atoms with Crippen molar-refractivity contribution < 1.29 is 38.8 Å². The maximum Gasteiger partial charge on any atom is 0.511 e. The lowest BCUT2D eigenvalue weighted by Gasteiger charge is -2.40. The summed E-state index contributed by atoms with van der Waals surface area (Å²) in [5.41, 5.74) is -5.94. The van der Waals surface area contributed by atoms with Gasteiger partial charge in [-0.3, -0.25) is 0 Å². The topological polar surface area (TPSA) is 92.3 Å². The fraction of sp³-hybridized carbons (Fsp3) is 0.667. The van der Waals surface area contributed by atoms with Crippen LogP contribution in [0.1, 0.15) is 51.5 Å². The molecule has 0 saturated heterocycles. The van der Waals surface area contributed by atoms with Crippen LogP contribution in [0, 0.1) is 17.6 Å². The van der Waals surface area contributed by atoms with Gasteiger partial charge in [0.25, 0.3) is 0 Å². The number of sulfonamides is 2. The second-order valence-electron chi connectivity index (χ2n) is 8.04. The molecule has 1 fully saturated rings. The molecule has 1 aliphatic rings. The molecule has 0 bridgehead atoms. The first-order valence-corrected chi connectivity index (χ1v) is 12.6. The van der Waals surface area contributed by atoms with Gasteiger partial charge in [-0.1, -0.05) is 13.8 Å². The van der Waals surface area contributed by atoms with E-state index < -0.39 is 66.4 Å². The number of hydrogen-bond donors (Lipinski definition) is 2. The Bertz CT molecular complexity index is 987. The van der Waals surface area contributed by atoms with E-state index in [1.807, 2.05) is 13.8 Å². The van der Waals surface area contributed by atoms with Crippen LogP contribution in [0.25, 0.3) is 0 Å². The van der Waals surface area contributed by atoms with Gasteiger partial charge in [-0.05, 0) is 56.2 Å². The minimum Gasteiger partial charge on any atom is -0.214 e. The van der Waals surface area contributed by atoms with Crippen LogP contribution in [0.4, 0.5) is 22.0 Å². The summed E-state index contributed by atoms with van der Waals surface area (Å²) in [4.78, 5) is 0. The zero-order chi connectivity index (χ0) is 23.7. The maximum atomic E-state index is 14.6. The molecule has 1 aliphatic carbocycles. The highest BCUT2D eigenvalue weighted by molar-refractivity contribution is 7.90. The van der Waals surface area contributed by atoms with E-state index in [1.165, 1.54) is 4.72 Å². The fourth-order valence-electron chi connectivity index (χ4n) is 3.64. The Morgan fingerprint density at radius 1 is 1.10 bits per heavy atom. The maximum absolute atomic E-state index is 14.6. The predicted molar refractivity (Wildman–Crippen MR) is 105 cm³/mol. The normalized spacial score (nSPS) is 23.3. The molecule has 0 aromatic heterocycles. The molecule has 31 heavy (non-hydrogen) atoms. The minimum absolute atomic E-state index is 0.0445. The van der Waals surface area contributed by atoms with Gasteiger partial charge in [0.2, 0.25) is 10.0 Å². The van der Waals surface area contributed by atoms with Crippen LogP contribution in [0.15, 0.2) is 18.2 Å². The molecule has 0 amide bonds. The van der Waals surface area contributed by atoms with Crippen LogP contribution < -0.4 is 9.44 Å². The van der Waals surface area contributed by atoms with Gasteiger partial charge in [0.1, 0.15) is 16.4 Å². The highest BCUT2D eigenvalue weighted by Gasteiger charge is 2.52. The summed E-state index contributed by atoms with van der Waals surface area (Å²) in [5, 5.41) is 0. The van der Waals surface area contributed by atoms with Crippen molar-refractivity contribution in [2.75, 3.05) is 6.54 Å². The van der Waals surface area contributed by atoms with E-state index in [1.54, 1.807) is 0 Å². The Morgan fingerprint density at radius 2 is 1.68 bits per heavy atom. The molecular formula is C18H25F5N2O4S2. The Labute approximate surface area is 178 Å². The number of halogens is 5. The van der Waals surface area contributed by atoms with Gasteiger partial charge in [-0.25, -0.2) is 35.1 Å². The average Bonchev–Trinajstić information content (AvgIpc) is 2.62. The van der Waals surface area contributed by atoms with Crippen molar-refractivity contribution in [2.45, 2.75) is 62.2 Å². The first-order valence-electron chi connectivity index (χ1n) is 9.64. The van der Waals surface area contributed by atoms with E-state index in [0.717, 1.165) is 18.2 Å². The number of nitrogens with one attached hydrogen (secondary N) is 2.